The lowest BCUT2D eigenvalue weighted by Gasteiger charge is -2.24. The predicted molar refractivity (Wildman–Crippen MR) is 134 cm³/mol. The van der Waals surface area contributed by atoms with Crippen LogP contribution in [0.1, 0.15) is 53.4 Å². The van der Waals surface area contributed by atoms with Crippen molar-refractivity contribution in [2.45, 2.75) is 53.4 Å². The summed E-state index contributed by atoms with van der Waals surface area (Å²) in [4.78, 5) is 4.32. The Morgan fingerprint density at radius 1 is 1.33 bits per heavy atom. The molecule has 0 spiro atoms. The number of rotatable bonds is 10. The van der Waals surface area contributed by atoms with Gasteiger partial charge in [0.1, 0.15) is 5.82 Å². The zero-order valence-corrected chi connectivity index (χ0v) is 19.4. The van der Waals surface area contributed by atoms with Crippen molar-refractivity contribution in [3.63, 3.8) is 0 Å². The molecule has 5 heteroatoms. The largest absolute Gasteiger partial charge is 0.355 e. The molecular weight excluding hydrogens is 388 g/mol. The van der Waals surface area contributed by atoms with Gasteiger partial charge in [0.25, 0.3) is 0 Å². The molecule has 1 aliphatic carbocycles. The van der Waals surface area contributed by atoms with Crippen molar-refractivity contribution in [1.29, 1.82) is 5.41 Å². The fraction of sp³-hybridized carbons (Fsp3) is 0.360. The third-order valence-electron chi connectivity index (χ3n) is 4.99. The first-order valence-corrected chi connectivity index (χ1v) is 11.6. The highest BCUT2D eigenvalue weighted by Gasteiger charge is 2.16. The molecule has 30 heavy (non-hydrogen) atoms. The van der Waals surface area contributed by atoms with Crippen molar-refractivity contribution < 1.29 is 0 Å². The molecule has 2 rings (SSSR count). The minimum atomic E-state index is 0.701. The maximum Gasteiger partial charge on any atom is 0.135 e. The number of thioether (sulfide) groups is 1. The predicted octanol–water partition coefficient (Wildman–Crippen LogP) is 6.52. The van der Waals surface area contributed by atoms with E-state index in [9.17, 15) is 0 Å². The number of hydrogen-bond acceptors (Lipinski definition) is 5. The monoisotopic (exact) mass is 422 g/mol. The summed E-state index contributed by atoms with van der Waals surface area (Å²) in [6.07, 6.45) is 19.9. The van der Waals surface area contributed by atoms with E-state index in [2.05, 4.69) is 66.1 Å². The molecule has 1 aliphatic heterocycles. The average molecular weight is 423 g/mol. The van der Waals surface area contributed by atoms with Crippen molar-refractivity contribution in [3.05, 3.63) is 81.5 Å². The van der Waals surface area contributed by atoms with Gasteiger partial charge in [-0.2, -0.15) is 0 Å². The second-order valence-corrected chi connectivity index (χ2v) is 8.22. The van der Waals surface area contributed by atoms with Crippen molar-refractivity contribution in [2.24, 2.45) is 4.99 Å². The fourth-order valence-electron chi connectivity index (χ4n) is 2.90. The fourth-order valence-corrected chi connectivity index (χ4v) is 3.75. The molecule has 160 valence electrons. The van der Waals surface area contributed by atoms with E-state index in [-0.39, 0.29) is 0 Å². The molecule has 0 bridgehead atoms. The maximum atomic E-state index is 7.72. The van der Waals surface area contributed by atoms with Crippen LogP contribution < -0.4 is 10.6 Å². The van der Waals surface area contributed by atoms with Crippen LogP contribution in [0.15, 0.2) is 86.5 Å². The quantitative estimate of drug-likeness (QED) is 0.277. The molecule has 0 radical (unpaired) electrons. The van der Waals surface area contributed by atoms with Crippen LogP contribution in [0.5, 0.6) is 0 Å². The Balaban J connectivity index is 2.17. The van der Waals surface area contributed by atoms with Crippen LogP contribution in [0.4, 0.5) is 0 Å². The van der Waals surface area contributed by atoms with Crippen molar-refractivity contribution in [2.75, 3.05) is 5.75 Å². The molecule has 0 unspecified atom stereocenters. The summed E-state index contributed by atoms with van der Waals surface area (Å²) in [7, 11) is 0. The highest BCUT2D eigenvalue weighted by Crippen LogP contribution is 2.32. The molecule has 0 atom stereocenters. The van der Waals surface area contributed by atoms with Crippen molar-refractivity contribution >= 4 is 24.2 Å². The van der Waals surface area contributed by atoms with Gasteiger partial charge in [-0.15, -0.1) is 11.8 Å². The number of nitrogens with zero attached hydrogens (tertiary/aromatic N) is 1. The Hall–Kier alpha value is -2.53. The molecular formula is C25H34N4S. The van der Waals surface area contributed by atoms with Crippen LogP contribution in [0.25, 0.3) is 0 Å². The minimum Gasteiger partial charge on any atom is -0.355 e. The summed E-state index contributed by atoms with van der Waals surface area (Å²) >= 11 is 1.70. The Bertz CT molecular complexity index is 858. The normalized spacial score (nSPS) is 18.9. The molecule has 3 N–H and O–H groups in total. The van der Waals surface area contributed by atoms with E-state index in [1.807, 2.05) is 19.2 Å². The first-order valence-electron chi connectivity index (χ1n) is 10.6. The number of aliphatic imine (C=N–C) groups is 1. The number of allylic oxidation sites excluding steroid dienone is 8. The van der Waals surface area contributed by atoms with Gasteiger partial charge in [-0.1, -0.05) is 24.6 Å². The van der Waals surface area contributed by atoms with Gasteiger partial charge in [-0.25, -0.2) is 4.99 Å². The molecule has 0 saturated heterocycles. The topological polar surface area (TPSA) is 60.3 Å². The van der Waals surface area contributed by atoms with Gasteiger partial charge >= 0.3 is 0 Å². The molecule has 0 aromatic heterocycles. The molecule has 2 aliphatic rings. The average Bonchev–Trinajstić information content (AvgIpc) is 2.73. The van der Waals surface area contributed by atoms with Crippen LogP contribution >= 0.6 is 11.8 Å². The Labute approximate surface area is 185 Å². The van der Waals surface area contributed by atoms with E-state index in [4.69, 9.17) is 5.41 Å². The first-order chi connectivity index (χ1) is 14.6. The van der Waals surface area contributed by atoms with Crippen LogP contribution in [0.3, 0.4) is 0 Å². The third kappa shape index (κ3) is 7.38. The lowest BCUT2D eigenvalue weighted by Crippen LogP contribution is -2.18. The summed E-state index contributed by atoms with van der Waals surface area (Å²) in [5.41, 5.74) is 7.32. The lowest BCUT2D eigenvalue weighted by atomic mass is 9.88. The molecule has 0 aromatic carbocycles. The molecule has 1 heterocycles. The van der Waals surface area contributed by atoms with Crippen LogP contribution in [0, 0.1) is 5.41 Å². The van der Waals surface area contributed by atoms with E-state index in [1.165, 1.54) is 35.1 Å². The Kier molecular flexibility index (Phi) is 10.2. The summed E-state index contributed by atoms with van der Waals surface area (Å²) < 4.78 is 0. The van der Waals surface area contributed by atoms with E-state index < -0.39 is 0 Å². The SMILES string of the molecule is C\C=C/C=C(\C=C(/C)CC)NC(=C1CCC1)/C(C)=C/SC/C(C=N)=C1\N=CC=CN1. The Morgan fingerprint density at radius 3 is 2.70 bits per heavy atom. The first kappa shape index (κ1) is 23.7. The van der Waals surface area contributed by atoms with E-state index in [0.29, 0.717) is 5.75 Å². The van der Waals surface area contributed by atoms with Gasteiger partial charge in [0.05, 0.1) is 0 Å². The molecule has 1 fully saturated rings. The minimum absolute atomic E-state index is 0.701. The highest BCUT2D eigenvalue weighted by atomic mass is 32.2. The van der Waals surface area contributed by atoms with Gasteiger partial charge in [-0.3, -0.25) is 0 Å². The smallest absolute Gasteiger partial charge is 0.135 e. The second-order valence-electron chi connectivity index (χ2n) is 7.36. The molecule has 0 aromatic rings. The molecule has 4 nitrogen and oxygen atoms in total. The number of hydrogen-bond donors (Lipinski definition) is 3. The number of nitrogens with one attached hydrogen (secondary N) is 3. The van der Waals surface area contributed by atoms with Gasteiger partial charge in [0.2, 0.25) is 0 Å². The third-order valence-corrected chi connectivity index (χ3v) is 5.98. The van der Waals surface area contributed by atoms with E-state index in [0.717, 1.165) is 36.4 Å². The van der Waals surface area contributed by atoms with Gasteiger partial charge < -0.3 is 16.0 Å². The second kappa shape index (κ2) is 12.9. The molecule has 1 saturated carbocycles. The summed E-state index contributed by atoms with van der Waals surface area (Å²) in [5.74, 6) is 1.45. The Morgan fingerprint density at radius 2 is 2.13 bits per heavy atom. The van der Waals surface area contributed by atoms with E-state index in [1.54, 1.807) is 18.0 Å². The van der Waals surface area contributed by atoms with Crippen molar-refractivity contribution in [3.8, 4) is 0 Å². The summed E-state index contributed by atoms with van der Waals surface area (Å²) in [6.45, 7) is 8.56. The van der Waals surface area contributed by atoms with Crippen LogP contribution in [-0.4, -0.2) is 18.2 Å². The molecule has 0 amide bonds. The van der Waals surface area contributed by atoms with Gasteiger partial charge in [-0.05, 0) is 81.2 Å². The standard InChI is InChI=1S/C25H34N4S/c1-5-7-12-23(15-19(3)6-2)29-24(21-10-8-11-21)20(4)17-30-18-22(16-26)25-27-13-9-14-28-25/h5,7,9,12-17,26-27,29H,6,8,10-11,18H2,1-4H3/b7-5-,19-15+,20-17+,23-12+,25-22-,26-16?. The zero-order chi connectivity index (χ0) is 21.8. The van der Waals surface area contributed by atoms with Crippen molar-refractivity contribution in [1.82, 2.24) is 10.6 Å². The van der Waals surface area contributed by atoms with Gasteiger partial charge in [0.15, 0.2) is 0 Å². The zero-order valence-electron chi connectivity index (χ0n) is 18.6. The van der Waals surface area contributed by atoms with Crippen LogP contribution in [0.2, 0.25) is 0 Å². The van der Waals surface area contributed by atoms with E-state index >= 15 is 0 Å². The van der Waals surface area contributed by atoms with Gasteiger partial charge in [0, 0.05) is 41.3 Å². The highest BCUT2D eigenvalue weighted by molar-refractivity contribution is 8.02. The summed E-state index contributed by atoms with van der Waals surface area (Å²) in [5, 5.41) is 16.7. The lowest BCUT2D eigenvalue weighted by molar-refractivity contribution is 0.642. The summed E-state index contributed by atoms with van der Waals surface area (Å²) in [6, 6.07) is 0. The van der Waals surface area contributed by atoms with Crippen LogP contribution in [-0.2, 0) is 0 Å². The maximum absolute atomic E-state index is 7.72.